The van der Waals surface area contributed by atoms with Gasteiger partial charge in [0.2, 0.25) is 0 Å². The molecule has 1 amide bonds. The van der Waals surface area contributed by atoms with Crippen LogP contribution in [-0.4, -0.2) is 37.6 Å². The van der Waals surface area contributed by atoms with E-state index in [1.165, 1.54) is 18.7 Å². The highest BCUT2D eigenvalue weighted by Gasteiger charge is 2.24. The summed E-state index contributed by atoms with van der Waals surface area (Å²) >= 11 is 6.18. The molecule has 2 aromatic carbocycles. The third-order valence-corrected chi connectivity index (χ3v) is 5.31. The molecule has 1 heterocycles. The maximum atomic E-state index is 12.5. The van der Waals surface area contributed by atoms with Crippen molar-refractivity contribution in [3.05, 3.63) is 58.6 Å². The van der Waals surface area contributed by atoms with E-state index in [1.807, 2.05) is 17.0 Å². The lowest BCUT2D eigenvalue weighted by Gasteiger charge is -2.32. The fourth-order valence-corrected chi connectivity index (χ4v) is 3.75. The van der Waals surface area contributed by atoms with Gasteiger partial charge in [-0.15, -0.1) is 0 Å². The third kappa shape index (κ3) is 4.96. The van der Waals surface area contributed by atoms with Gasteiger partial charge >= 0.3 is 0 Å². The van der Waals surface area contributed by atoms with E-state index in [1.54, 1.807) is 6.07 Å². The summed E-state index contributed by atoms with van der Waals surface area (Å²) in [5, 5.41) is 9.26. The molecular formula is C22H23ClN2O3. The predicted octanol–water partition coefficient (Wildman–Crippen LogP) is 4.08. The number of amides is 1. The number of ether oxygens (including phenoxy) is 2. The Morgan fingerprint density at radius 2 is 1.96 bits per heavy atom. The summed E-state index contributed by atoms with van der Waals surface area (Å²) in [6.45, 7) is 1.36. The number of nitriles is 1. The molecule has 0 bridgehead atoms. The van der Waals surface area contributed by atoms with Crippen molar-refractivity contribution in [3.8, 4) is 17.6 Å². The lowest BCUT2D eigenvalue weighted by molar-refractivity contribution is -0.134. The van der Waals surface area contributed by atoms with E-state index in [0.29, 0.717) is 17.2 Å². The van der Waals surface area contributed by atoms with E-state index in [-0.39, 0.29) is 23.3 Å². The molecule has 1 fully saturated rings. The van der Waals surface area contributed by atoms with Gasteiger partial charge in [0.1, 0.15) is 0 Å². The van der Waals surface area contributed by atoms with Gasteiger partial charge in [0.15, 0.2) is 18.1 Å². The molecule has 146 valence electrons. The summed E-state index contributed by atoms with van der Waals surface area (Å²) in [7, 11) is 1.47. The summed E-state index contributed by atoms with van der Waals surface area (Å²) in [6.07, 6.45) is 3.03. The van der Waals surface area contributed by atoms with Gasteiger partial charge in [-0.05, 0) is 36.8 Å². The molecule has 5 nitrogen and oxygen atoms in total. The van der Waals surface area contributed by atoms with E-state index in [0.717, 1.165) is 32.4 Å². The number of likely N-dealkylation sites (tertiary alicyclic amines) is 1. The van der Waals surface area contributed by atoms with Crippen molar-refractivity contribution < 1.29 is 14.3 Å². The molecule has 0 unspecified atom stereocenters. The Kier molecular flexibility index (Phi) is 6.78. The van der Waals surface area contributed by atoms with Gasteiger partial charge in [-0.3, -0.25) is 4.79 Å². The molecule has 0 atom stereocenters. The van der Waals surface area contributed by atoms with Gasteiger partial charge in [-0.1, -0.05) is 41.9 Å². The number of carbonyl (C=O) groups is 1. The number of benzene rings is 2. The Morgan fingerprint density at radius 1 is 1.25 bits per heavy atom. The zero-order valence-corrected chi connectivity index (χ0v) is 16.6. The highest BCUT2D eigenvalue weighted by molar-refractivity contribution is 6.32. The molecule has 0 aromatic heterocycles. The molecule has 1 aliphatic rings. The first-order valence-corrected chi connectivity index (χ1v) is 9.70. The van der Waals surface area contributed by atoms with Gasteiger partial charge in [-0.2, -0.15) is 5.26 Å². The van der Waals surface area contributed by atoms with Crippen LogP contribution in [0.15, 0.2) is 42.5 Å². The largest absolute Gasteiger partial charge is 0.493 e. The second-order valence-corrected chi connectivity index (χ2v) is 7.31. The highest BCUT2D eigenvalue weighted by atomic mass is 35.5. The van der Waals surface area contributed by atoms with Crippen LogP contribution in [-0.2, 0) is 11.2 Å². The third-order valence-electron chi connectivity index (χ3n) is 5.03. The number of hydrogen-bond donors (Lipinski definition) is 0. The van der Waals surface area contributed by atoms with Crippen molar-refractivity contribution in [3.63, 3.8) is 0 Å². The zero-order chi connectivity index (χ0) is 19.9. The highest BCUT2D eigenvalue weighted by Crippen LogP contribution is 2.36. The van der Waals surface area contributed by atoms with Crippen LogP contribution in [0.25, 0.3) is 0 Å². The Balaban J connectivity index is 1.52. The van der Waals surface area contributed by atoms with Gasteiger partial charge < -0.3 is 14.4 Å². The number of nitrogens with zero attached hydrogens (tertiary/aromatic N) is 2. The van der Waals surface area contributed by atoms with E-state index in [4.69, 9.17) is 26.3 Å². The van der Waals surface area contributed by atoms with Crippen LogP contribution >= 0.6 is 11.6 Å². The molecule has 3 rings (SSSR count). The number of piperidine rings is 1. The number of methoxy groups -OCH3 is 1. The summed E-state index contributed by atoms with van der Waals surface area (Å²) < 4.78 is 10.9. The molecular weight excluding hydrogens is 376 g/mol. The first-order valence-electron chi connectivity index (χ1n) is 9.33. The fraction of sp³-hybridized carbons (Fsp3) is 0.364. The summed E-state index contributed by atoms with van der Waals surface area (Å²) in [5.74, 6) is 1.16. The first kappa shape index (κ1) is 20.0. The molecule has 0 spiro atoms. The lowest BCUT2D eigenvalue weighted by atomic mass is 9.90. The van der Waals surface area contributed by atoms with E-state index in [2.05, 4.69) is 24.3 Å². The summed E-state index contributed by atoms with van der Waals surface area (Å²) in [4.78, 5) is 14.4. The molecule has 0 N–H and O–H groups in total. The minimum Gasteiger partial charge on any atom is -0.493 e. The van der Waals surface area contributed by atoms with Crippen molar-refractivity contribution in [1.82, 2.24) is 4.90 Å². The molecule has 0 radical (unpaired) electrons. The maximum absolute atomic E-state index is 12.5. The number of hydrogen-bond acceptors (Lipinski definition) is 4. The quantitative estimate of drug-likeness (QED) is 0.735. The monoisotopic (exact) mass is 398 g/mol. The van der Waals surface area contributed by atoms with Gasteiger partial charge in [0, 0.05) is 19.2 Å². The predicted molar refractivity (Wildman–Crippen MR) is 108 cm³/mol. The van der Waals surface area contributed by atoms with Gasteiger partial charge in [0.05, 0.1) is 23.8 Å². The number of rotatable bonds is 6. The van der Waals surface area contributed by atoms with Crippen molar-refractivity contribution in [2.45, 2.75) is 19.3 Å². The second kappa shape index (κ2) is 9.48. The molecule has 0 aliphatic carbocycles. The van der Waals surface area contributed by atoms with E-state index in [9.17, 15) is 4.79 Å². The Morgan fingerprint density at radius 3 is 2.61 bits per heavy atom. The maximum Gasteiger partial charge on any atom is 0.260 e. The topological polar surface area (TPSA) is 62.6 Å². The van der Waals surface area contributed by atoms with Crippen LogP contribution in [0.2, 0.25) is 5.02 Å². The average Bonchev–Trinajstić information content (AvgIpc) is 2.73. The van der Waals surface area contributed by atoms with Crippen LogP contribution in [0.5, 0.6) is 11.5 Å². The van der Waals surface area contributed by atoms with E-state index >= 15 is 0 Å². The summed E-state index contributed by atoms with van der Waals surface area (Å²) in [6, 6.07) is 15.5. The van der Waals surface area contributed by atoms with Crippen molar-refractivity contribution in [2.24, 2.45) is 5.92 Å². The SMILES string of the molecule is COc1cc(C#N)cc(Cl)c1OCC(=O)N1CCC(Cc2ccccc2)CC1. The fourth-order valence-electron chi connectivity index (χ4n) is 3.48. The van der Waals surface area contributed by atoms with Crippen molar-refractivity contribution in [1.29, 1.82) is 5.26 Å². The Hall–Kier alpha value is -2.71. The van der Waals surface area contributed by atoms with Gasteiger partial charge in [0.25, 0.3) is 5.91 Å². The van der Waals surface area contributed by atoms with Crippen molar-refractivity contribution in [2.75, 3.05) is 26.8 Å². The lowest BCUT2D eigenvalue weighted by Crippen LogP contribution is -2.41. The molecule has 2 aromatic rings. The minimum absolute atomic E-state index is 0.0689. The first-order chi connectivity index (χ1) is 13.6. The van der Waals surface area contributed by atoms with Crippen LogP contribution < -0.4 is 9.47 Å². The molecule has 0 saturated carbocycles. The second-order valence-electron chi connectivity index (χ2n) is 6.90. The number of carbonyl (C=O) groups excluding carboxylic acids is 1. The summed E-state index contributed by atoms with van der Waals surface area (Å²) in [5.41, 5.74) is 1.72. The van der Waals surface area contributed by atoms with Crippen LogP contribution in [0.4, 0.5) is 0 Å². The molecule has 1 saturated heterocycles. The van der Waals surface area contributed by atoms with Crippen LogP contribution in [0.1, 0.15) is 24.0 Å². The number of halogens is 1. The Labute approximate surface area is 170 Å². The Bertz CT molecular complexity index is 856. The van der Waals surface area contributed by atoms with Crippen molar-refractivity contribution >= 4 is 17.5 Å². The average molecular weight is 399 g/mol. The van der Waals surface area contributed by atoms with Crippen LogP contribution in [0.3, 0.4) is 0 Å². The smallest absolute Gasteiger partial charge is 0.260 e. The minimum atomic E-state index is -0.106. The van der Waals surface area contributed by atoms with E-state index < -0.39 is 0 Å². The standard InChI is InChI=1S/C22H23ClN2O3/c1-27-20-13-18(14-24)12-19(23)22(20)28-15-21(26)25-9-7-17(8-10-25)11-16-5-3-2-4-6-16/h2-6,12-13,17H,7-11,15H2,1H3. The normalized spacial score (nSPS) is 14.4. The van der Waals surface area contributed by atoms with Gasteiger partial charge in [-0.25, -0.2) is 0 Å². The molecule has 6 heteroatoms. The molecule has 28 heavy (non-hydrogen) atoms. The zero-order valence-electron chi connectivity index (χ0n) is 15.9. The molecule has 1 aliphatic heterocycles. The van der Waals surface area contributed by atoms with Crippen LogP contribution in [0, 0.1) is 17.2 Å².